The van der Waals surface area contributed by atoms with E-state index in [0.29, 0.717) is 48.8 Å². The largest absolute Gasteiger partial charge is 0.493 e. The Bertz CT molecular complexity index is 1830. The summed E-state index contributed by atoms with van der Waals surface area (Å²) in [4.78, 5) is 17.7. The van der Waals surface area contributed by atoms with Gasteiger partial charge in [-0.15, -0.1) is 0 Å². The third-order valence-corrected chi connectivity index (χ3v) is 12.0. The maximum absolute atomic E-state index is 13.0. The lowest BCUT2D eigenvalue weighted by atomic mass is 9.59. The standard InChI is InChI=1S/C43H49ClN2O4/c1-28-10-14-36(15-11-28)49-27-31-12-13-32-24-33(22-29(2)26-50-39-16-21-45-38-9-4-6-30(3)40(38)39)42(37(32)23-31)17-19-43(20-18-42,41(47)48)46-35-8-5-7-34(44)25-35/h5,7-8,10-16,21,23,25,29-30,33,46H,4,6,9,17-20,22,24,26-27H2,1-3H3,(H,47,48)/t29-,30-,33+,42?,43?/m1/s1. The van der Waals surface area contributed by atoms with Gasteiger partial charge in [0, 0.05) is 28.2 Å². The van der Waals surface area contributed by atoms with Crippen molar-refractivity contribution in [3.05, 3.63) is 118 Å². The van der Waals surface area contributed by atoms with Gasteiger partial charge in [0.1, 0.15) is 23.6 Å². The molecule has 0 amide bonds. The van der Waals surface area contributed by atoms with Gasteiger partial charge in [0.15, 0.2) is 0 Å². The fourth-order valence-corrected chi connectivity index (χ4v) is 9.23. The zero-order valence-electron chi connectivity index (χ0n) is 29.5. The van der Waals surface area contributed by atoms with Crippen molar-refractivity contribution < 1.29 is 19.4 Å². The highest BCUT2D eigenvalue weighted by molar-refractivity contribution is 6.30. The Hall–Kier alpha value is -4.03. The summed E-state index contributed by atoms with van der Waals surface area (Å²) in [5, 5.41) is 14.6. The number of nitrogens with zero attached hydrogens (tertiary/aromatic N) is 1. The molecule has 1 spiro atoms. The number of benzene rings is 3. The molecule has 3 aliphatic rings. The molecule has 0 unspecified atom stereocenters. The first-order chi connectivity index (χ1) is 24.1. The van der Waals surface area contributed by atoms with Crippen LogP contribution in [0.3, 0.4) is 0 Å². The van der Waals surface area contributed by atoms with Crippen LogP contribution in [0.25, 0.3) is 0 Å². The Morgan fingerprint density at radius 2 is 1.84 bits per heavy atom. The topological polar surface area (TPSA) is 80.7 Å². The minimum atomic E-state index is -1.05. The predicted octanol–water partition coefficient (Wildman–Crippen LogP) is 10.1. The number of nitrogens with one attached hydrogen (secondary N) is 1. The molecule has 7 heteroatoms. The van der Waals surface area contributed by atoms with E-state index in [0.717, 1.165) is 54.9 Å². The van der Waals surface area contributed by atoms with Crippen molar-refractivity contribution in [2.75, 3.05) is 11.9 Å². The Balaban J connectivity index is 1.13. The molecule has 1 heterocycles. The first-order valence-corrected chi connectivity index (χ1v) is 18.7. The number of hydrogen-bond acceptors (Lipinski definition) is 5. The van der Waals surface area contributed by atoms with Crippen molar-refractivity contribution in [1.82, 2.24) is 4.98 Å². The number of aromatic nitrogens is 1. The van der Waals surface area contributed by atoms with Gasteiger partial charge in [-0.05, 0) is 141 Å². The molecule has 2 N–H and O–H groups in total. The summed E-state index contributed by atoms with van der Waals surface area (Å²) in [7, 11) is 0. The van der Waals surface area contributed by atoms with Crippen molar-refractivity contribution in [2.24, 2.45) is 11.8 Å². The lowest BCUT2D eigenvalue weighted by Gasteiger charge is -2.47. The van der Waals surface area contributed by atoms with Crippen LogP contribution in [-0.4, -0.2) is 28.2 Å². The number of rotatable bonds is 11. The molecule has 0 saturated heterocycles. The van der Waals surface area contributed by atoms with Crippen molar-refractivity contribution in [3.8, 4) is 11.5 Å². The lowest BCUT2D eigenvalue weighted by molar-refractivity contribution is -0.144. The molecule has 1 saturated carbocycles. The van der Waals surface area contributed by atoms with E-state index in [1.807, 2.05) is 48.7 Å². The second-order valence-electron chi connectivity index (χ2n) is 15.3. The fraction of sp³-hybridized carbons (Fsp3) is 0.442. The molecule has 262 valence electrons. The van der Waals surface area contributed by atoms with E-state index in [1.165, 1.54) is 40.8 Å². The van der Waals surface area contributed by atoms with Gasteiger partial charge >= 0.3 is 5.97 Å². The maximum atomic E-state index is 13.0. The molecular weight excluding hydrogens is 644 g/mol. The van der Waals surface area contributed by atoms with Crippen molar-refractivity contribution >= 4 is 23.3 Å². The molecule has 3 aliphatic carbocycles. The van der Waals surface area contributed by atoms with E-state index in [-0.39, 0.29) is 5.41 Å². The number of anilines is 1. The number of carbonyl (C=O) groups is 1. The van der Waals surface area contributed by atoms with E-state index in [9.17, 15) is 9.90 Å². The molecule has 4 aromatic rings. The van der Waals surface area contributed by atoms with Gasteiger partial charge in [-0.1, -0.05) is 67.4 Å². The number of fused-ring (bicyclic) bond motifs is 3. The Labute approximate surface area is 301 Å². The van der Waals surface area contributed by atoms with Gasteiger partial charge in [0.05, 0.1) is 6.61 Å². The number of aryl methyl sites for hydroxylation is 2. The van der Waals surface area contributed by atoms with Crippen LogP contribution in [0.2, 0.25) is 5.02 Å². The molecular formula is C43H49ClN2O4. The number of halogens is 1. The molecule has 1 aromatic heterocycles. The van der Waals surface area contributed by atoms with Crippen LogP contribution >= 0.6 is 11.6 Å². The molecule has 0 bridgehead atoms. The minimum Gasteiger partial charge on any atom is -0.493 e. The molecule has 3 atom stereocenters. The molecule has 3 aromatic carbocycles. The smallest absolute Gasteiger partial charge is 0.329 e. The summed E-state index contributed by atoms with van der Waals surface area (Å²) >= 11 is 6.29. The van der Waals surface area contributed by atoms with Crippen LogP contribution in [0.15, 0.2) is 79.0 Å². The average Bonchev–Trinajstić information content (AvgIpc) is 3.39. The summed E-state index contributed by atoms with van der Waals surface area (Å²) in [6, 6.07) is 24.5. The average molecular weight is 693 g/mol. The zero-order valence-corrected chi connectivity index (χ0v) is 30.3. The van der Waals surface area contributed by atoms with Crippen LogP contribution < -0.4 is 14.8 Å². The molecule has 1 fully saturated rings. The highest BCUT2D eigenvalue weighted by Crippen LogP contribution is 2.56. The van der Waals surface area contributed by atoms with Crippen LogP contribution in [0.4, 0.5) is 5.69 Å². The summed E-state index contributed by atoms with van der Waals surface area (Å²) in [5.41, 5.74) is 7.15. The first kappa shape index (κ1) is 34.4. The summed E-state index contributed by atoms with van der Waals surface area (Å²) in [5.74, 6) is 2.22. The fourth-order valence-electron chi connectivity index (χ4n) is 9.04. The molecule has 0 radical (unpaired) electrons. The SMILES string of the molecule is Cc1ccc(OCc2ccc3c(c2)C2(CCC(Nc4cccc(Cl)c4)(C(=O)O)CC2)[C@@H](C[C@@H](C)COc2ccnc4c2[C@H](C)CCC4)C3)cc1. The van der Waals surface area contributed by atoms with Gasteiger partial charge in [-0.25, -0.2) is 4.79 Å². The Morgan fingerprint density at radius 1 is 1.04 bits per heavy atom. The van der Waals surface area contributed by atoms with Gasteiger partial charge in [-0.2, -0.15) is 0 Å². The van der Waals surface area contributed by atoms with Gasteiger partial charge in [0.2, 0.25) is 0 Å². The first-order valence-electron chi connectivity index (χ1n) is 18.3. The van der Waals surface area contributed by atoms with Gasteiger partial charge in [0.25, 0.3) is 0 Å². The number of pyridine rings is 1. The molecule has 6 nitrogen and oxygen atoms in total. The zero-order chi connectivity index (χ0) is 34.9. The quantitative estimate of drug-likeness (QED) is 0.163. The van der Waals surface area contributed by atoms with E-state index >= 15 is 0 Å². The number of hydrogen-bond donors (Lipinski definition) is 2. The van der Waals surface area contributed by atoms with E-state index in [4.69, 9.17) is 21.1 Å². The van der Waals surface area contributed by atoms with Crippen molar-refractivity contribution in [1.29, 1.82) is 0 Å². The van der Waals surface area contributed by atoms with Crippen molar-refractivity contribution in [3.63, 3.8) is 0 Å². The van der Waals surface area contributed by atoms with E-state index in [1.54, 1.807) is 0 Å². The third kappa shape index (κ3) is 6.96. The number of carboxylic acid groups (broad SMARTS) is 1. The minimum absolute atomic E-state index is 0.122. The predicted molar refractivity (Wildman–Crippen MR) is 200 cm³/mol. The van der Waals surface area contributed by atoms with E-state index in [2.05, 4.69) is 61.4 Å². The van der Waals surface area contributed by atoms with Crippen LogP contribution in [0, 0.1) is 18.8 Å². The Morgan fingerprint density at radius 3 is 2.60 bits per heavy atom. The number of ether oxygens (including phenoxy) is 2. The summed E-state index contributed by atoms with van der Waals surface area (Å²) in [6.07, 6.45) is 9.91. The second-order valence-corrected chi connectivity index (χ2v) is 15.7. The molecule has 50 heavy (non-hydrogen) atoms. The normalized spacial score (nSPS) is 24.6. The summed E-state index contributed by atoms with van der Waals surface area (Å²) in [6.45, 7) is 7.81. The summed E-state index contributed by atoms with van der Waals surface area (Å²) < 4.78 is 12.8. The van der Waals surface area contributed by atoms with Gasteiger partial charge < -0.3 is 19.9 Å². The van der Waals surface area contributed by atoms with Crippen molar-refractivity contribution in [2.45, 2.75) is 102 Å². The van der Waals surface area contributed by atoms with Crippen LogP contribution in [0.1, 0.15) is 98.2 Å². The lowest BCUT2D eigenvalue weighted by Crippen LogP contribution is -2.53. The highest BCUT2D eigenvalue weighted by atomic mass is 35.5. The molecule has 0 aliphatic heterocycles. The van der Waals surface area contributed by atoms with Crippen LogP contribution in [0.5, 0.6) is 11.5 Å². The molecule has 7 rings (SSSR count). The Kier molecular flexibility index (Phi) is 9.85. The third-order valence-electron chi connectivity index (χ3n) is 11.8. The highest BCUT2D eigenvalue weighted by Gasteiger charge is 2.54. The van der Waals surface area contributed by atoms with E-state index < -0.39 is 11.5 Å². The second kappa shape index (κ2) is 14.3. The number of carboxylic acids is 1. The van der Waals surface area contributed by atoms with Crippen LogP contribution in [-0.2, 0) is 29.7 Å². The monoisotopic (exact) mass is 692 g/mol. The maximum Gasteiger partial charge on any atom is 0.329 e. The number of aliphatic carboxylic acids is 1. The van der Waals surface area contributed by atoms with Gasteiger partial charge in [-0.3, -0.25) is 4.98 Å².